The van der Waals surface area contributed by atoms with Crippen molar-refractivity contribution in [3.63, 3.8) is 0 Å². The number of aromatic amines is 1. The van der Waals surface area contributed by atoms with Crippen LogP contribution in [0.25, 0.3) is 11.0 Å². The molecule has 0 bridgehead atoms. The number of nitrogens with zero attached hydrogens (tertiary/aromatic N) is 1. The molecule has 68 valence electrons. The van der Waals surface area contributed by atoms with E-state index in [1.807, 2.05) is 18.4 Å². The number of benzene rings is 1. The molecule has 0 saturated heterocycles. The molecule has 0 amide bonds. The van der Waals surface area contributed by atoms with Crippen LogP contribution in [0.4, 0.5) is 0 Å². The summed E-state index contributed by atoms with van der Waals surface area (Å²) in [5, 5.41) is 0. The predicted molar refractivity (Wildman–Crippen MR) is 54.4 cm³/mol. The Morgan fingerprint density at radius 2 is 2.31 bits per heavy atom. The predicted octanol–water partition coefficient (Wildman–Crippen LogP) is 2.29. The van der Waals surface area contributed by atoms with Crippen LogP contribution in [0.2, 0.25) is 0 Å². The van der Waals surface area contributed by atoms with Crippen LogP contribution in [-0.4, -0.2) is 23.3 Å². The second kappa shape index (κ2) is 3.30. The number of ether oxygens (including phenoxy) is 1. The topological polar surface area (TPSA) is 37.9 Å². The summed E-state index contributed by atoms with van der Waals surface area (Å²) in [4.78, 5) is 8.49. The molecule has 0 atom stereocenters. The van der Waals surface area contributed by atoms with Crippen molar-refractivity contribution in [1.29, 1.82) is 0 Å². The second-order valence-electron chi connectivity index (χ2n) is 2.60. The standard InChI is InChI=1S/C9H10N2OS/c1-12-6-3-4-7(13-2)9-8(6)10-5-11-9/h3-5H,1-2H3,(H,10,11). The van der Waals surface area contributed by atoms with Crippen molar-refractivity contribution in [2.75, 3.05) is 13.4 Å². The normalized spacial score (nSPS) is 10.6. The van der Waals surface area contributed by atoms with Gasteiger partial charge in [0.2, 0.25) is 0 Å². The van der Waals surface area contributed by atoms with Crippen molar-refractivity contribution in [2.45, 2.75) is 4.90 Å². The molecule has 0 saturated carbocycles. The van der Waals surface area contributed by atoms with Crippen LogP contribution < -0.4 is 4.74 Å². The molecular formula is C9H10N2OS. The molecule has 2 rings (SSSR count). The maximum Gasteiger partial charge on any atom is 0.146 e. The van der Waals surface area contributed by atoms with Crippen LogP contribution in [0, 0.1) is 0 Å². The zero-order valence-electron chi connectivity index (χ0n) is 7.50. The summed E-state index contributed by atoms with van der Waals surface area (Å²) < 4.78 is 5.19. The largest absolute Gasteiger partial charge is 0.494 e. The van der Waals surface area contributed by atoms with Crippen LogP contribution in [0.5, 0.6) is 5.75 Å². The van der Waals surface area contributed by atoms with Gasteiger partial charge in [-0.1, -0.05) is 0 Å². The summed E-state index contributed by atoms with van der Waals surface area (Å²) in [7, 11) is 1.65. The molecule has 3 nitrogen and oxygen atoms in total. The van der Waals surface area contributed by atoms with Crippen LogP contribution >= 0.6 is 11.8 Å². The van der Waals surface area contributed by atoms with Crippen LogP contribution in [-0.2, 0) is 0 Å². The van der Waals surface area contributed by atoms with E-state index < -0.39 is 0 Å². The Morgan fingerprint density at radius 3 is 3.00 bits per heavy atom. The number of aromatic nitrogens is 2. The Kier molecular flexibility index (Phi) is 2.14. The lowest BCUT2D eigenvalue weighted by atomic mass is 10.3. The van der Waals surface area contributed by atoms with E-state index in [0.29, 0.717) is 0 Å². The first-order valence-electron chi connectivity index (χ1n) is 3.91. The fourth-order valence-electron chi connectivity index (χ4n) is 1.32. The lowest BCUT2D eigenvalue weighted by Gasteiger charge is -2.02. The van der Waals surface area contributed by atoms with Gasteiger partial charge in [-0.3, -0.25) is 0 Å². The number of rotatable bonds is 2. The van der Waals surface area contributed by atoms with Crippen molar-refractivity contribution in [3.05, 3.63) is 18.5 Å². The van der Waals surface area contributed by atoms with Gasteiger partial charge in [-0.05, 0) is 18.4 Å². The summed E-state index contributed by atoms with van der Waals surface area (Å²) in [6, 6.07) is 3.97. The minimum absolute atomic E-state index is 0.814. The molecule has 1 aromatic carbocycles. The van der Waals surface area contributed by atoms with E-state index in [1.165, 1.54) is 4.90 Å². The monoisotopic (exact) mass is 194 g/mol. The molecule has 0 unspecified atom stereocenters. The van der Waals surface area contributed by atoms with E-state index in [9.17, 15) is 0 Å². The molecule has 2 aromatic rings. The Morgan fingerprint density at radius 1 is 1.46 bits per heavy atom. The number of nitrogens with one attached hydrogen (secondary N) is 1. The zero-order chi connectivity index (χ0) is 9.26. The van der Waals surface area contributed by atoms with Crippen molar-refractivity contribution < 1.29 is 4.74 Å². The number of thioether (sulfide) groups is 1. The molecular weight excluding hydrogens is 184 g/mol. The Balaban J connectivity index is 2.74. The average molecular weight is 194 g/mol. The van der Waals surface area contributed by atoms with Crippen LogP contribution in [0.3, 0.4) is 0 Å². The minimum atomic E-state index is 0.814. The van der Waals surface area contributed by atoms with Gasteiger partial charge < -0.3 is 9.72 Å². The maximum absolute atomic E-state index is 5.19. The molecule has 0 radical (unpaired) electrons. The lowest BCUT2D eigenvalue weighted by molar-refractivity contribution is 0.419. The molecule has 0 aliphatic carbocycles. The zero-order valence-corrected chi connectivity index (χ0v) is 8.31. The summed E-state index contributed by atoms with van der Waals surface area (Å²) in [5.74, 6) is 0.814. The molecule has 0 fully saturated rings. The van der Waals surface area contributed by atoms with Gasteiger partial charge in [0.1, 0.15) is 11.3 Å². The lowest BCUT2D eigenvalue weighted by Crippen LogP contribution is -1.85. The first-order chi connectivity index (χ1) is 6.36. The van der Waals surface area contributed by atoms with Gasteiger partial charge in [0.05, 0.1) is 19.0 Å². The minimum Gasteiger partial charge on any atom is -0.494 e. The second-order valence-corrected chi connectivity index (χ2v) is 3.44. The van der Waals surface area contributed by atoms with E-state index in [0.717, 1.165) is 16.8 Å². The van der Waals surface area contributed by atoms with E-state index in [4.69, 9.17) is 4.74 Å². The molecule has 4 heteroatoms. The van der Waals surface area contributed by atoms with E-state index in [-0.39, 0.29) is 0 Å². The van der Waals surface area contributed by atoms with Gasteiger partial charge in [-0.25, -0.2) is 4.98 Å². The van der Waals surface area contributed by atoms with Gasteiger partial charge in [0.25, 0.3) is 0 Å². The number of H-pyrrole nitrogens is 1. The van der Waals surface area contributed by atoms with Gasteiger partial charge in [-0.2, -0.15) is 0 Å². The summed E-state index contributed by atoms with van der Waals surface area (Å²) in [5.41, 5.74) is 1.95. The highest BCUT2D eigenvalue weighted by Crippen LogP contribution is 2.30. The van der Waals surface area contributed by atoms with E-state index in [1.54, 1.807) is 25.2 Å². The Labute approximate surface area is 80.5 Å². The van der Waals surface area contributed by atoms with Crippen molar-refractivity contribution in [2.24, 2.45) is 0 Å². The third-order valence-corrected chi connectivity index (χ3v) is 2.73. The molecule has 1 aromatic heterocycles. The molecule has 13 heavy (non-hydrogen) atoms. The number of fused-ring (bicyclic) bond motifs is 1. The van der Waals surface area contributed by atoms with Crippen LogP contribution in [0.1, 0.15) is 0 Å². The van der Waals surface area contributed by atoms with Gasteiger partial charge >= 0.3 is 0 Å². The molecule has 1 heterocycles. The van der Waals surface area contributed by atoms with Crippen molar-refractivity contribution in [3.8, 4) is 5.75 Å². The first kappa shape index (κ1) is 8.44. The summed E-state index contributed by atoms with van der Waals surface area (Å²) in [6.07, 6.45) is 3.73. The van der Waals surface area contributed by atoms with Gasteiger partial charge in [0, 0.05) is 4.90 Å². The third-order valence-electron chi connectivity index (χ3n) is 1.95. The summed E-state index contributed by atoms with van der Waals surface area (Å²) >= 11 is 1.70. The molecule has 1 N–H and O–H groups in total. The highest BCUT2D eigenvalue weighted by Gasteiger charge is 2.07. The Hall–Kier alpha value is -1.16. The van der Waals surface area contributed by atoms with Crippen LogP contribution in [0.15, 0.2) is 23.4 Å². The van der Waals surface area contributed by atoms with E-state index >= 15 is 0 Å². The highest BCUT2D eigenvalue weighted by molar-refractivity contribution is 7.98. The number of imidazole rings is 1. The fourth-order valence-corrected chi connectivity index (χ4v) is 1.88. The van der Waals surface area contributed by atoms with Gasteiger partial charge in [0.15, 0.2) is 0 Å². The fraction of sp³-hybridized carbons (Fsp3) is 0.222. The maximum atomic E-state index is 5.19. The molecule has 0 aliphatic heterocycles. The van der Waals surface area contributed by atoms with Crippen molar-refractivity contribution in [1.82, 2.24) is 9.97 Å². The quantitative estimate of drug-likeness (QED) is 0.745. The third kappa shape index (κ3) is 1.27. The summed E-state index contributed by atoms with van der Waals surface area (Å²) in [6.45, 7) is 0. The van der Waals surface area contributed by atoms with E-state index in [2.05, 4.69) is 9.97 Å². The first-order valence-corrected chi connectivity index (χ1v) is 5.13. The number of methoxy groups -OCH3 is 1. The molecule has 0 spiro atoms. The SMILES string of the molecule is COc1ccc(SC)c2[nH]cnc12. The van der Waals surface area contributed by atoms with Crippen molar-refractivity contribution >= 4 is 22.8 Å². The smallest absolute Gasteiger partial charge is 0.146 e. The van der Waals surface area contributed by atoms with Gasteiger partial charge in [-0.15, -0.1) is 11.8 Å². The Bertz CT molecular complexity index is 386. The number of hydrogen-bond acceptors (Lipinski definition) is 3. The average Bonchev–Trinajstić information content (AvgIpc) is 2.64. The highest BCUT2D eigenvalue weighted by atomic mass is 32.2. The molecule has 0 aliphatic rings. The number of hydrogen-bond donors (Lipinski definition) is 1.